The van der Waals surface area contributed by atoms with Crippen LogP contribution in [-0.4, -0.2) is 56.2 Å². The van der Waals surface area contributed by atoms with Crippen LogP contribution in [0.3, 0.4) is 0 Å². The number of halogens is 1. The second-order valence-electron chi connectivity index (χ2n) is 11.8. The summed E-state index contributed by atoms with van der Waals surface area (Å²) in [5, 5.41) is 0. The fraction of sp³-hybridized carbons (Fsp3) is 0.966. The van der Waals surface area contributed by atoms with Crippen molar-refractivity contribution in [3.8, 4) is 0 Å². The summed E-state index contributed by atoms with van der Waals surface area (Å²) in [6.07, 6.45) is 32.1. The predicted molar refractivity (Wildman–Crippen MR) is 154 cm³/mol. The number of rotatable bonds is 11. The van der Waals surface area contributed by atoms with Crippen LogP contribution in [0.4, 0.5) is 0 Å². The molecule has 0 spiro atoms. The first-order valence-corrected chi connectivity index (χ1v) is 22.5. The van der Waals surface area contributed by atoms with Crippen molar-refractivity contribution in [3.05, 3.63) is 0 Å². The van der Waals surface area contributed by atoms with E-state index in [9.17, 15) is 4.79 Å². The number of carbonyl (C=O) groups excluding carboxylic acids is 1. The molecular weight excluding hydrogens is 577 g/mol. The van der Waals surface area contributed by atoms with E-state index >= 15 is 0 Å². The van der Waals surface area contributed by atoms with Gasteiger partial charge in [-0.25, -0.2) is 0 Å². The van der Waals surface area contributed by atoms with Gasteiger partial charge in [-0.05, 0) is 0 Å². The topological polar surface area (TPSA) is 20.3 Å². The van der Waals surface area contributed by atoms with Crippen molar-refractivity contribution in [2.24, 2.45) is 0 Å². The Morgan fingerprint density at radius 2 is 0.857 bits per heavy atom. The molecule has 35 heavy (non-hydrogen) atoms. The Labute approximate surface area is 228 Å². The van der Waals surface area contributed by atoms with Crippen molar-refractivity contribution in [2.45, 2.75) is 151 Å². The normalized spacial score (nSPS) is 24.9. The predicted octanol–water partition coefficient (Wildman–Crippen LogP) is 9.34. The molecule has 0 aromatic rings. The fourth-order valence-electron chi connectivity index (χ4n) is 7.72. The molecule has 0 atom stereocenters. The van der Waals surface area contributed by atoms with E-state index in [1.165, 1.54) is 141 Å². The molecule has 0 bridgehead atoms. The van der Waals surface area contributed by atoms with Crippen molar-refractivity contribution in [1.29, 1.82) is 0 Å². The van der Waals surface area contributed by atoms with E-state index in [0.717, 1.165) is 35.7 Å². The van der Waals surface area contributed by atoms with Crippen molar-refractivity contribution in [3.63, 3.8) is 0 Å². The van der Waals surface area contributed by atoms with Gasteiger partial charge < -0.3 is 0 Å². The van der Waals surface area contributed by atoms with E-state index in [1.807, 2.05) is 0 Å². The molecule has 4 aliphatic carbocycles. The molecule has 0 aliphatic heterocycles. The molecule has 0 radical (unpaired) electrons. The summed E-state index contributed by atoms with van der Waals surface area (Å²) in [6, 6.07) is 0. The van der Waals surface area contributed by atoms with E-state index < -0.39 is 14.7 Å². The Kier molecular flexibility index (Phi) is 13.7. The molecule has 0 heterocycles. The second kappa shape index (κ2) is 16.4. The average molecular weight is 629 g/mol. The van der Waals surface area contributed by atoms with E-state index in [4.69, 9.17) is 9.69 Å². The summed E-state index contributed by atoms with van der Waals surface area (Å²) < 4.78 is 4.84. The molecule has 4 fully saturated rings. The third-order valence-electron chi connectivity index (χ3n) is 9.62. The quantitative estimate of drug-likeness (QED) is 0.168. The zero-order valence-corrected chi connectivity index (χ0v) is 26.5. The van der Waals surface area contributed by atoms with Crippen molar-refractivity contribution < 1.29 is 19.5 Å². The number of hydrogen-bond donors (Lipinski definition) is 0. The van der Waals surface area contributed by atoms with Crippen LogP contribution in [0.1, 0.15) is 128 Å². The van der Waals surface area contributed by atoms with Crippen LogP contribution in [0.25, 0.3) is 0 Å². The van der Waals surface area contributed by atoms with Gasteiger partial charge in [0.25, 0.3) is 0 Å². The maximum atomic E-state index is 11.8. The van der Waals surface area contributed by atoms with E-state index in [0.29, 0.717) is 0 Å². The molecular formula is C29H52ClNOP2Ru. The standard InChI is InChI=1S/C28H52NP2.CO.ClH.Ru/c1-5-13-25(14-6-1)30(26-15-7-2-8-16-26)23-21-29-22-24-31(27-17-9-3-10-18-27)28-19-11-4-12-20-28;1-2;;/h25-28H,1-24H2;;1H;/q-1;;;+2/p-1. The molecule has 0 saturated heterocycles. The monoisotopic (exact) mass is 629 g/mol. The van der Waals surface area contributed by atoms with Crippen LogP contribution < -0.4 is 0 Å². The first kappa shape index (κ1) is 29.3. The Hall–Kier alpha value is 1.31. The summed E-state index contributed by atoms with van der Waals surface area (Å²) in [5.41, 5.74) is 4.01. The van der Waals surface area contributed by atoms with Gasteiger partial charge in [-0.3, -0.25) is 0 Å². The van der Waals surface area contributed by atoms with Gasteiger partial charge in [0.05, 0.1) is 0 Å². The van der Waals surface area contributed by atoms with Crippen LogP contribution in [0, 0.1) is 0 Å². The van der Waals surface area contributed by atoms with Crippen LogP contribution in [0.15, 0.2) is 0 Å². The molecule has 4 rings (SSSR count). The van der Waals surface area contributed by atoms with Gasteiger partial charge in [0.2, 0.25) is 0 Å². The van der Waals surface area contributed by atoms with E-state index in [-0.39, 0.29) is 15.8 Å². The van der Waals surface area contributed by atoms with Crippen molar-refractivity contribution in [2.75, 3.05) is 25.4 Å². The SMILES string of the molecule is O=[C]=[Ru]([Cl])[N](CCP(C1CCCCC1)C1CCCCC1)CCP(C1CCCCC1)C1CCCCC1. The first-order valence-electron chi connectivity index (χ1n) is 15.2. The molecule has 0 unspecified atom stereocenters. The van der Waals surface area contributed by atoms with E-state index in [2.05, 4.69) is 8.12 Å². The Balaban J connectivity index is 1.39. The zero-order chi connectivity index (χ0) is 24.3. The van der Waals surface area contributed by atoms with Gasteiger partial charge in [-0.15, -0.1) is 0 Å². The Morgan fingerprint density at radius 3 is 1.11 bits per heavy atom. The van der Waals surface area contributed by atoms with Gasteiger partial charge in [-0.1, -0.05) is 0 Å². The average Bonchev–Trinajstić information content (AvgIpc) is 2.94. The van der Waals surface area contributed by atoms with Crippen LogP contribution in [0.5, 0.6) is 0 Å². The van der Waals surface area contributed by atoms with Gasteiger partial charge in [0.15, 0.2) is 0 Å². The molecule has 4 aliphatic rings. The molecule has 6 heteroatoms. The van der Waals surface area contributed by atoms with Crippen LogP contribution in [-0.2, 0) is 19.5 Å². The molecule has 0 aromatic carbocycles. The fourth-order valence-corrected chi connectivity index (χ4v) is 18.0. The minimum absolute atomic E-state index is 0.0885. The number of nitrogens with zero attached hydrogens (tertiary/aromatic N) is 1. The third kappa shape index (κ3) is 9.19. The molecule has 204 valence electrons. The van der Waals surface area contributed by atoms with Gasteiger partial charge in [-0.2, -0.15) is 0 Å². The summed E-state index contributed by atoms with van der Waals surface area (Å²) in [6.45, 7) is 2.21. The van der Waals surface area contributed by atoms with Gasteiger partial charge in [0.1, 0.15) is 0 Å². The molecule has 2 nitrogen and oxygen atoms in total. The maximum absolute atomic E-state index is 11.8. The summed E-state index contributed by atoms with van der Waals surface area (Å²) in [7, 11) is 6.98. The van der Waals surface area contributed by atoms with E-state index in [1.54, 1.807) is 0 Å². The molecule has 0 N–H and O–H groups in total. The molecule has 0 amide bonds. The first-order chi connectivity index (χ1) is 17.3. The third-order valence-corrected chi connectivity index (χ3v) is 20.2. The van der Waals surface area contributed by atoms with Crippen molar-refractivity contribution >= 4 is 30.0 Å². The Bertz CT molecular complexity index is 571. The van der Waals surface area contributed by atoms with Crippen molar-refractivity contribution in [1.82, 2.24) is 3.64 Å². The number of hydrogen-bond acceptors (Lipinski definition) is 2. The van der Waals surface area contributed by atoms with Gasteiger partial charge >= 0.3 is 230 Å². The summed E-state index contributed by atoms with van der Waals surface area (Å²) in [5.74, 6) is 0. The second-order valence-corrected chi connectivity index (χ2v) is 21.7. The molecule has 4 saturated carbocycles. The van der Waals surface area contributed by atoms with Crippen LogP contribution >= 0.6 is 25.5 Å². The van der Waals surface area contributed by atoms with Crippen LogP contribution in [0.2, 0.25) is 0 Å². The summed E-state index contributed by atoms with van der Waals surface area (Å²) in [4.78, 5) is 11.8. The minimum atomic E-state index is -2.11. The summed E-state index contributed by atoms with van der Waals surface area (Å²) >= 11 is -2.11. The van der Waals surface area contributed by atoms with Gasteiger partial charge in [0, 0.05) is 0 Å². The molecule has 0 aromatic heterocycles. The zero-order valence-electron chi connectivity index (χ0n) is 22.3. The Morgan fingerprint density at radius 1 is 0.571 bits per heavy atom.